The van der Waals surface area contributed by atoms with Gasteiger partial charge < -0.3 is 40.9 Å². The van der Waals surface area contributed by atoms with Crippen molar-refractivity contribution >= 4 is 34.7 Å². The van der Waals surface area contributed by atoms with Crippen LogP contribution in [0, 0.1) is 11.8 Å². The summed E-state index contributed by atoms with van der Waals surface area (Å²) in [5.41, 5.74) is -2.20. The minimum absolute atomic E-state index is 0. The van der Waals surface area contributed by atoms with E-state index in [0.29, 0.717) is 27.6 Å². The molecule has 2 aliphatic rings. The highest BCUT2D eigenvalue weighted by atomic mass is 79.9. The second-order valence-corrected chi connectivity index (χ2v) is 15.8. The fraction of sp³-hybridized carbons (Fsp3) is 0.697. The van der Waals surface area contributed by atoms with E-state index in [1.54, 1.807) is 4.90 Å². The van der Waals surface area contributed by atoms with Gasteiger partial charge in [0.1, 0.15) is 11.7 Å². The Morgan fingerprint density at radius 1 is 0.977 bits per heavy atom. The topological polar surface area (TPSA) is 76.1 Å². The molecule has 0 aliphatic heterocycles. The first kappa shape index (κ1) is 36.0. The van der Waals surface area contributed by atoms with E-state index in [4.69, 9.17) is 9.47 Å². The van der Waals surface area contributed by atoms with Gasteiger partial charge in [-0.15, -0.1) is 22.7 Å². The maximum absolute atomic E-state index is 13.6. The first-order chi connectivity index (χ1) is 19.8. The van der Waals surface area contributed by atoms with Crippen LogP contribution in [-0.4, -0.2) is 78.5 Å². The molecule has 1 N–H and O–H groups in total. The number of hydrogen-bond donors (Lipinski definition) is 1. The van der Waals surface area contributed by atoms with Crippen LogP contribution >= 0.6 is 22.7 Å². The van der Waals surface area contributed by atoms with Crippen LogP contribution in [0.4, 0.5) is 4.79 Å². The summed E-state index contributed by atoms with van der Waals surface area (Å²) < 4.78 is 12.6. The monoisotopic (exact) mass is 698 g/mol. The minimum Gasteiger partial charge on any atom is -1.00 e. The smallest absolute Gasteiger partial charge is 0.410 e. The summed E-state index contributed by atoms with van der Waals surface area (Å²) >= 11 is 2.78. The zero-order valence-corrected chi connectivity index (χ0v) is 29.9. The SMILES string of the molecule is CN(CCCCCCCC[N+](C)(C)C1CC2CCC1C2OC(=O)C(O)(c1cccs1)c1cccs1)C(=O)OC(C)(C)C.[Br-]. The molecule has 242 valence electrons. The van der Waals surface area contributed by atoms with Crippen molar-refractivity contribution in [1.82, 2.24) is 4.90 Å². The number of halogens is 1. The van der Waals surface area contributed by atoms with E-state index in [9.17, 15) is 14.7 Å². The summed E-state index contributed by atoms with van der Waals surface area (Å²) in [6.07, 6.45) is 9.78. The molecule has 4 rings (SSSR count). The Balaban J connectivity index is 0.00000506. The average molecular weight is 700 g/mol. The van der Waals surface area contributed by atoms with Gasteiger partial charge in [0.15, 0.2) is 0 Å². The summed E-state index contributed by atoms with van der Waals surface area (Å²) in [5.74, 6) is 0.181. The fourth-order valence-electron chi connectivity index (χ4n) is 6.89. The lowest BCUT2D eigenvalue weighted by atomic mass is 9.92. The highest BCUT2D eigenvalue weighted by Crippen LogP contribution is 2.51. The number of quaternary nitrogens is 1. The number of nitrogens with zero attached hydrogens (tertiary/aromatic N) is 2. The molecule has 10 heteroatoms. The number of unbranched alkanes of at least 4 members (excludes halogenated alkanes) is 5. The van der Waals surface area contributed by atoms with Gasteiger partial charge in [-0.3, -0.25) is 0 Å². The number of ether oxygens (including phenoxy) is 2. The molecule has 7 nitrogen and oxygen atoms in total. The Bertz CT molecular complexity index is 1110. The highest BCUT2D eigenvalue weighted by Gasteiger charge is 2.57. The van der Waals surface area contributed by atoms with Gasteiger partial charge in [-0.2, -0.15) is 0 Å². The molecular formula is C33H51BrN2O5S2. The number of carbonyl (C=O) groups excluding carboxylic acids is 2. The molecule has 4 atom stereocenters. The van der Waals surface area contributed by atoms with E-state index in [1.807, 2.05) is 62.8 Å². The van der Waals surface area contributed by atoms with Gasteiger partial charge in [0.2, 0.25) is 5.60 Å². The lowest BCUT2D eigenvalue weighted by molar-refractivity contribution is -0.918. The van der Waals surface area contributed by atoms with E-state index in [0.717, 1.165) is 49.7 Å². The Hall–Kier alpha value is -1.46. The quantitative estimate of drug-likeness (QED) is 0.183. The summed E-state index contributed by atoms with van der Waals surface area (Å²) in [5, 5.41) is 15.5. The number of aliphatic hydroxyl groups is 1. The molecule has 1 amide bonds. The third-order valence-corrected chi connectivity index (χ3v) is 11.1. The van der Waals surface area contributed by atoms with E-state index in [-0.39, 0.29) is 29.2 Å². The largest absolute Gasteiger partial charge is 1.00 e. The third kappa shape index (κ3) is 8.84. The first-order valence-electron chi connectivity index (χ1n) is 15.6. The molecule has 2 fully saturated rings. The lowest BCUT2D eigenvalue weighted by Crippen LogP contribution is -3.00. The molecule has 2 bridgehead atoms. The molecule has 2 aromatic heterocycles. The predicted octanol–water partition coefficient (Wildman–Crippen LogP) is 4.04. The molecule has 43 heavy (non-hydrogen) atoms. The lowest BCUT2D eigenvalue weighted by Gasteiger charge is -2.40. The Kier molecular flexibility index (Phi) is 12.7. The van der Waals surface area contributed by atoms with Crippen LogP contribution in [0.5, 0.6) is 0 Å². The van der Waals surface area contributed by atoms with Crippen LogP contribution in [0.2, 0.25) is 0 Å². The average Bonchev–Trinajstić information content (AvgIpc) is 3.74. The molecule has 0 aromatic carbocycles. The van der Waals surface area contributed by atoms with Crippen molar-refractivity contribution in [3.8, 4) is 0 Å². The van der Waals surface area contributed by atoms with E-state index < -0.39 is 17.2 Å². The van der Waals surface area contributed by atoms with Crippen molar-refractivity contribution in [2.24, 2.45) is 11.8 Å². The Labute approximate surface area is 276 Å². The standard InChI is InChI=1S/C33H51N2O5S2.BrH/c1-32(2,3)40-31(37)34(4)19-11-9-7-8-10-12-20-35(5,6)26-23-24-17-18-25(26)29(24)39-30(36)33(38,27-15-13-21-41-27)28-16-14-22-42-28;/h13-16,21-22,24-26,29,38H,7-12,17-20,23H2,1-6H3;1H/q+1;/p-1. The second kappa shape index (κ2) is 15.2. The molecule has 0 spiro atoms. The molecular weight excluding hydrogens is 648 g/mol. The predicted molar refractivity (Wildman–Crippen MR) is 170 cm³/mol. The highest BCUT2D eigenvalue weighted by molar-refractivity contribution is 7.12. The molecule has 4 unspecified atom stereocenters. The van der Waals surface area contributed by atoms with Crippen LogP contribution in [0.1, 0.15) is 88.3 Å². The fourth-order valence-corrected chi connectivity index (χ4v) is 8.61. The van der Waals surface area contributed by atoms with Gasteiger partial charge in [-0.05, 0) is 75.8 Å². The molecule has 2 aromatic rings. The van der Waals surface area contributed by atoms with Crippen molar-refractivity contribution in [2.45, 2.75) is 102 Å². The summed E-state index contributed by atoms with van der Waals surface area (Å²) in [6, 6.07) is 7.85. The van der Waals surface area contributed by atoms with E-state index in [2.05, 4.69) is 14.1 Å². The van der Waals surface area contributed by atoms with Crippen LogP contribution in [-0.2, 0) is 19.9 Å². The molecule has 2 aliphatic carbocycles. The van der Waals surface area contributed by atoms with Crippen molar-refractivity contribution in [2.75, 3.05) is 34.2 Å². The Morgan fingerprint density at radius 3 is 2.12 bits per heavy atom. The second-order valence-electron chi connectivity index (χ2n) is 13.9. The number of fused-ring (bicyclic) bond motifs is 2. The number of amides is 1. The number of rotatable bonds is 14. The third-order valence-electron chi connectivity index (χ3n) is 9.17. The van der Waals surface area contributed by atoms with Gasteiger partial charge in [0, 0.05) is 31.8 Å². The zero-order valence-electron chi connectivity index (χ0n) is 26.7. The Morgan fingerprint density at radius 2 is 1.56 bits per heavy atom. The number of hydrogen-bond acceptors (Lipinski definition) is 7. The van der Waals surface area contributed by atoms with Gasteiger partial charge in [0.05, 0.1) is 36.4 Å². The number of carbonyl (C=O) groups is 2. The first-order valence-corrected chi connectivity index (χ1v) is 17.4. The normalized spacial score (nSPS) is 21.8. The van der Waals surface area contributed by atoms with Gasteiger partial charge in [-0.1, -0.05) is 31.4 Å². The van der Waals surface area contributed by atoms with Crippen molar-refractivity contribution in [3.05, 3.63) is 44.8 Å². The van der Waals surface area contributed by atoms with Crippen molar-refractivity contribution < 1.29 is 45.6 Å². The van der Waals surface area contributed by atoms with E-state index in [1.165, 1.54) is 48.4 Å². The van der Waals surface area contributed by atoms with Gasteiger partial charge in [0.25, 0.3) is 0 Å². The maximum atomic E-state index is 13.6. The summed E-state index contributed by atoms with van der Waals surface area (Å²) in [4.78, 5) is 28.6. The van der Waals surface area contributed by atoms with Gasteiger partial charge in [-0.25, -0.2) is 9.59 Å². The van der Waals surface area contributed by atoms with Crippen LogP contribution in [0.15, 0.2) is 35.0 Å². The summed E-state index contributed by atoms with van der Waals surface area (Å²) in [6.45, 7) is 7.52. The number of esters is 1. The van der Waals surface area contributed by atoms with Crippen LogP contribution in [0.25, 0.3) is 0 Å². The van der Waals surface area contributed by atoms with Crippen LogP contribution in [0.3, 0.4) is 0 Å². The zero-order chi connectivity index (χ0) is 30.5. The molecule has 2 heterocycles. The molecule has 0 saturated heterocycles. The van der Waals surface area contributed by atoms with Crippen molar-refractivity contribution in [1.29, 1.82) is 0 Å². The molecule has 0 radical (unpaired) electrons. The number of thiophene rings is 2. The molecule has 2 saturated carbocycles. The maximum Gasteiger partial charge on any atom is 0.410 e. The van der Waals surface area contributed by atoms with Crippen molar-refractivity contribution in [3.63, 3.8) is 0 Å². The van der Waals surface area contributed by atoms with Gasteiger partial charge >= 0.3 is 12.1 Å². The summed E-state index contributed by atoms with van der Waals surface area (Å²) in [7, 11) is 6.48. The van der Waals surface area contributed by atoms with Crippen LogP contribution < -0.4 is 17.0 Å². The minimum atomic E-state index is -1.74. The van der Waals surface area contributed by atoms with E-state index >= 15 is 0 Å².